The molecule has 2 rings (SSSR count). The molecule has 0 aromatic heterocycles. The van der Waals surface area contributed by atoms with E-state index in [1.807, 2.05) is 0 Å². The number of halogens is 1. The maximum atomic E-state index is 11.4. The van der Waals surface area contributed by atoms with Gasteiger partial charge in [0, 0.05) is 5.69 Å². The van der Waals surface area contributed by atoms with Crippen LogP contribution in [0.25, 0.3) is 0 Å². The molecule has 1 aliphatic heterocycles. The molecule has 1 aliphatic rings. The molecule has 1 saturated heterocycles. The lowest BCUT2D eigenvalue weighted by molar-refractivity contribution is -0.130. The first-order chi connectivity index (χ1) is 8.88. The van der Waals surface area contributed by atoms with Gasteiger partial charge in [0.25, 0.3) is 5.91 Å². The van der Waals surface area contributed by atoms with E-state index in [-0.39, 0.29) is 35.1 Å². The van der Waals surface area contributed by atoms with E-state index >= 15 is 0 Å². The zero-order chi connectivity index (χ0) is 14.2. The molecule has 0 unspecified atom stereocenters. The highest BCUT2D eigenvalue weighted by atomic mass is 35.5. The topological polar surface area (TPSA) is 119 Å². The Morgan fingerprint density at radius 3 is 2.37 bits per heavy atom. The molecule has 1 heterocycles. The number of rotatable bonds is 2. The molecule has 0 atom stereocenters. The Hall–Kier alpha value is -2.28. The summed E-state index contributed by atoms with van der Waals surface area (Å²) in [5, 5.41) is 2.32. The van der Waals surface area contributed by atoms with Gasteiger partial charge in [-0.05, 0) is 12.1 Å². The quantitative estimate of drug-likeness (QED) is 0.498. The SMILES string of the molecule is NC(=O)c1cc(N)cc(Cl)c1N1CC(=O)NC(=O)C1. The molecular weight excluding hydrogens is 272 g/mol. The second-order valence-corrected chi connectivity index (χ2v) is 4.50. The average molecular weight is 283 g/mol. The van der Waals surface area contributed by atoms with Gasteiger partial charge < -0.3 is 16.4 Å². The zero-order valence-electron chi connectivity index (χ0n) is 9.77. The number of benzene rings is 1. The number of carbonyl (C=O) groups excluding carboxylic acids is 3. The third-order valence-corrected chi connectivity index (χ3v) is 2.90. The number of piperazine rings is 1. The Kier molecular flexibility index (Phi) is 3.30. The van der Waals surface area contributed by atoms with Crippen molar-refractivity contribution in [2.75, 3.05) is 23.7 Å². The van der Waals surface area contributed by atoms with E-state index < -0.39 is 17.7 Å². The minimum atomic E-state index is -0.734. The monoisotopic (exact) mass is 282 g/mol. The van der Waals surface area contributed by atoms with Gasteiger partial charge in [-0.1, -0.05) is 11.6 Å². The lowest BCUT2D eigenvalue weighted by Crippen LogP contribution is -2.52. The van der Waals surface area contributed by atoms with Crippen LogP contribution in [0, 0.1) is 0 Å². The number of carbonyl (C=O) groups is 3. The first-order valence-electron chi connectivity index (χ1n) is 5.35. The number of anilines is 2. The molecule has 0 aliphatic carbocycles. The van der Waals surface area contributed by atoms with E-state index in [1.54, 1.807) is 0 Å². The van der Waals surface area contributed by atoms with Gasteiger partial charge in [-0.3, -0.25) is 19.7 Å². The standard InChI is InChI=1S/C11H11ClN4O3/c12-7-2-5(13)1-6(11(14)19)10(7)16-3-8(17)15-9(18)4-16/h1-2H,3-4,13H2,(H2,14,19)(H,15,17,18). The lowest BCUT2D eigenvalue weighted by atomic mass is 10.1. The van der Waals surface area contributed by atoms with Crippen molar-refractivity contribution < 1.29 is 14.4 Å². The van der Waals surface area contributed by atoms with Gasteiger partial charge in [-0.2, -0.15) is 0 Å². The molecule has 5 N–H and O–H groups in total. The highest BCUT2D eigenvalue weighted by Crippen LogP contribution is 2.32. The van der Waals surface area contributed by atoms with Crippen LogP contribution in [-0.4, -0.2) is 30.8 Å². The number of hydrogen-bond acceptors (Lipinski definition) is 5. The molecule has 0 radical (unpaired) electrons. The third kappa shape index (κ3) is 2.60. The van der Waals surface area contributed by atoms with Crippen molar-refractivity contribution in [1.82, 2.24) is 5.32 Å². The van der Waals surface area contributed by atoms with E-state index in [0.717, 1.165) is 0 Å². The molecule has 19 heavy (non-hydrogen) atoms. The Bertz CT molecular complexity index is 572. The van der Waals surface area contributed by atoms with Crippen molar-refractivity contribution in [3.8, 4) is 0 Å². The van der Waals surface area contributed by atoms with Crippen molar-refractivity contribution in [3.05, 3.63) is 22.7 Å². The maximum absolute atomic E-state index is 11.4. The van der Waals surface area contributed by atoms with Crippen molar-refractivity contribution in [1.29, 1.82) is 0 Å². The summed E-state index contributed by atoms with van der Waals surface area (Å²) in [6, 6.07) is 2.79. The minimum Gasteiger partial charge on any atom is -0.399 e. The number of nitrogens with zero attached hydrogens (tertiary/aromatic N) is 1. The third-order valence-electron chi connectivity index (χ3n) is 2.62. The summed E-state index contributed by atoms with van der Waals surface area (Å²) in [4.78, 5) is 35.5. The van der Waals surface area contributed by atoms with Crippen LogP contribution >= 0.6 is 11.6 Å². The van der Waals surface area contributed by atoms with E-state index in [4.69, 9.17) is 23.1 Å². The molecule has 100 valence electrons. The maximum Gasteiger partial charge on any atom is 0.250 e. The van der Waals surface area contributed by atoms with E-state index in [2.05, 4.69) is 5.32 Å². The highest BCUT2D eigenvalue weighted by molar-refractivity contribution is 6.34. The van der Waals surface area contributed by atoms with Gasteiger partial charge in [0.05, 0.1) is 29.4 Å². The summed E-state index contributed by atoms with van der Waals surface area (Å²) in [6.45, 7) is -0.175. The van der Waals surface area contributed by atoms with E-state index in [1.165, 1.54) is 17.0 Å². The van der Waals surface area contributed by atoms with Crippen molar-refractivity contribution in [2.24, 2.45) is 5.73 Å². The molecule has 8 heteroatoms. The van der Waals surface area contributed by atoms with Gasteiger partial charge in [0.15, 0.2) is 0 Å². The molecule has 7 nitrogen and oxygen atoms in total. The number of amides is 3. The smallest absolute Gasteiger partial charge is 0.250 e. The van der Waals surface area contributed by atoms with Crippen LogP contribution < -0.4 is 21.7 Å². The number of nitrogen functional groups attached to an aromatic ring is 1. The predicted molar refractivity (Wildman–Crippen MR) is 69.7 cm³/mol. The number of primary amides is 1. The Morgan fingerprint density at radius 1 is 1.26 bits per heavy atom. The fourth-order valence-corrected chi connectivity index (χ4v) is 2.27. The zero-order valence-corrected chi connectivity index (χ0v) is 10.5. The molecule has 0 bridgehead atoms. The number of hydrogen-bond donors (Lipinski definition) is 3. The summed E-state index contributed by atoms with van der Waals surface area (Å²) in [5.74, 6) is -1.68. The molecular formula is C11H11ClN4O3. The molecule has 1 aromatic carbocycles. The number of imide groups is 1. The largest absolute Gasteiger partial charge is 0.399 e. The second kappa shape index (κ2) is 4.77. The first kappa shape index (κ1) is 13.2. The normalized spacial score (nSPS) is 15.3. The van der Waals surface area contributed by atoms with E-state index in [0.29, 0.717) is 0 Å². The van der Waals surface area contributed by atoms with Gasteiger partial charge in [-0.25, -0.2) is 0 Å². The number of nitrogens with one attached hydrogen (secondary N) is 1. The molecule has 1 fully saturated rings. The van der Waals surface area contributed by atoms with Crippen LogP contribution in [0.2, 0.25) is 5.02 Å². The Labute approximate surface area is 113 Å². The number of nitrogens with two attached hydrogens (primary N) is 2. The molecule has 0 saturated carbocycles. The summed E-state index contributed by atoms with van der Waals surface area (Å²) in [7, 11) is 0. The second-order valence-electron chi connectivity index (χ2n) is 4.09. The predicted octanol–water partition coefficient (Wildman–Crippen LogP) is -0.516. The van der Waals surface area contributed by atoms with Crippen LogP contribution in [0.3, 0.4) is 0 Å². The van der Waals surface area contributed by atoms with Gasteiger partial charge in [0.2, 0.25) is 11.8 Å². The van der Waals surface area contributed by atoms with Crippen LogP contribution in [0.5, 0.6) is 0 Å². The van der Waals surface area contributed by atoms with Crippen LogP contribution in [0.1, 0.15) is 10.4 Å². The van der Waals surface area contributed by atoms with Crippen LogP contribution in [0.4, 0.5) is 11.4 Å². The Balaban J connectivity index is 2.51. The van der Waals surface area contributed by atoms with E-state index in [9.17, 15) is 14.4 Å². The van der Waals surface area contributed by atoms with Gasteiger partial charge in [0.1, 0.15) is 0 Å². The fourth-order valence-electron chi connectivity index (χ4n) is 1.92. The first-order valence-corrected chi connectivity index (χ1v) is 5.72. The summed E-state index contributed by atoms with van der Waals surface area (Å²) in [6.07, 6.45) is 0. The molecule has 3 amide bonds. The average Bonchev–Trinajstić information content (AvgIpc) is 2.25. The van der Waals surface area contributed by atoms with Gasteiger partial charge >= 0.3 is 0 Å². The minimum absolute atomic E-state index is 0.0764. The lowest BCUT2D eigenvalue weighted by Gasteiger charge is -2.29. The Morgan fingerprint density at radius 2 is 1.84 bits per heavy atom. The molecule has 0 spiro atoms. The van der Waals surface area contributed by atoms with Crippen LogP contribution in [-0.2, 0) is 9.59 Å². The van der Waals surface area contributed by atoms with Crippen LogP contribution in [0.15, 0.2) is 12.1 Å². The summed E-state index contributed by atoms with van der Waals surface area (Å²) >= 11 is 6.04. The molecule has 1 aromatic rings. The summed E-state index contributed by atoms with van der Waals surface area (Å²) < 4.78 is 0. The van der Waals surface area contributed by atoms with Crippen molar-refractivity contribution in [2.45, 2.75) is 0 Å². The van der Waals surface area contributed by atoms with Crippen molar-refractivity contribution >= 4 is 40.7 Å². The summed E-state index contributed by atoms with van der Waals surface area (Å²) in [5.41, 5.74) is 11.4. The van der Waals surface area contributed by atoms with Crippen molar-refractivity contribution in [3.63, 3.8) is 0 Å². The fraction of sp³-hybridized carbons (Fsp3) is 0.182. The highest BCUT2D eigenvalue weighted by Gasteiger charge is 2.27. The van der Waals surface area contributed by atoms with Gasteiger partial charge in [-0.15, -0.1) is 0 Å².